The summed E-state index contributed by atoms with van der Waals surface area (Å²) in [5.41, 5.74) is -0.447. The zero-order chi connectivity index (χ0) is 21.1. The summed E-state index contributed by atoms with van der Waals surface area (Å²) in [5.74, 6) is 0.170. The summed E-state index contributed by atoms with van der Waals surface area (Å²) < 4.78 is 45.6. The second-order valence-electron chi connectivity index (χ2n) is 6.90. The van der Waals surface area contributed by atoms with Crippen LogP contribution in [0.2, 0.25) is 0 Å². The Morgan fingerprint density at radius 1 is 1.07 bits per heavy atom. The lowest BCUT2D eigenvalue weighted by atomic mass is 10.0. The number of aromatic nitrogens is 2. The number of rotatable bonds is 4. The summed E-state index contributed by atoms with van der Waals surface area (Å²) in [6.45, 7) is 1.47. The molecule has 1 amide bonds. The standard InChI is InChI=1S/C21H18F3N3O2S/c22-21(23,24)17-7-3-2-6-16(17)14-10-15(12-25-11-14)29-20-26-13-18(30-20)19(28)27-8-4-1-5-9-27/h2-3,6-7,10-13H,1,4-5,8-9H2. The fourth-order valence-corrected chi connectivity index (χ4v) is 4.12. The van der Waals surface area contributed by atoms with Crippen LogP contribution in [-0.4, -0.2) is 33.9 Å². The number of piperidine rings is 1. The molecule has 3 heterocycles. The van der Waals surface area contributed by atoms with Crippen molar-refractivity contribution >= 4 is 17.2 Å². The molecule has 30 heavy (non-hydrogen) atoms. The van der Waals surface area contributed by atoms with Gasteiger partial charge < -0.3 is 9.64 Å². The first-order valence-corrected chi connectivity index (χ1v) is 10.3. The van der Waals surface area contributed by atoms with Crippen molar-refractivity contribution in [1.29, 1.82) is 0 Å². The highest BCUT2D eigenvalue weighted by atomic mass is 32.1. The Bertz CT molecular complexity index is 1050. The van der Waals surface area contributed by atoms with Crippen molar-refractivity contribution in [2.24, 2.45) is 0 Å². The summed E-state index contributed by atoms with van der Waals surface area (Å²) in [7, 11) is 0. The Balaban J connectivity index is 1.54. The Hall–Kier alpha value is -2.94. The Kier molecular flexibility index (Phi) is 5.72. The van der Waals surface area contributed by atoms with Crippen molar-refractivity contribution < 1.29 is 22.7 Å². The number of likely N-dealkylation sites (tertiary alicyclic amines) is 1. The van der Waals surface area contributed by atoms with Crippen LogP contribution in [0.1, 0.15) is 34.5 Å². The summed E-state index contributed by atoms with van der Waals surface area (Å²) in [4.78, 5) is 23.0. The number of pyridine rings is 1. The normalized spacial score (nSPS) is 14.6. The lowest BCUT2D eigenvalue weighted by Crippen LogP contribution is -2.35. The lowest BCUT2D eigenvalue weighted by molar-refractivity contribution is -0.137. The van der Waals surface area contributed by atoms with Crippen LogP contribution >= 0.6 is 11.3 Å². The minimum Gasteiger partial charge on any atom is -0.429 e. The molecule has 0 bridgehead atoms. The van der Waals surface area contributed by atoms with Crippen LogP contribution in [-0.2, 0) is 6.18 Å². The summed E-state index contributed by atoms with van der Waals surface area (Å²) in [5, 5.41) is 0.235. The van der Waals surface area contributed by atoms with E-state index in [1.54, 1.807) is 4.90 Å². The largest absolute Gasteiger partial charge is 0.429 e. The number of amides is 1. The first-order valence-electron chi connectivity index (χ1n) is 9.46. The molecule has 0 aliphatic carbocycles. The van der Waals surface area contributed by atoms with Crippen LogP contribution in [0.3, 0.4) is 0 Å². The van der Waals surface area contributed by atoms with Crippen molar-refractivity contribution in [3.8, 4) is 22.1 Å². The maximum Gasteiger partial charge on any atom is 0.417 e. The second-order valence-corrected chi connectivity index (χ2v) is 7.89. The van der Waals surface area contributed by atoms with E-state index in [1.165, 1.54) is 42.9 Å². The number of nitrogens with zero attached hydrogens (tertiary/aromatic N) is 3. The third-order valence-electron chi connectivity index (χ3n) is 4.80. The third-order valence-corrected chi connectivity index (χ3v) is 5.66. The highest BCUT2D eigenvalue weighted by Crippen LogP contribution is 2.38. The number of carbonyl (C=O) groups is 1. The van der Waals surface area contributed by atoms with Crippen LogP contribution in [0.4, 0.5) is 13.2 Å². The highest BCUT2D eigenvalue weighted by Gasteiger charge is 2.33. The van der Waals surface area contributed by atoms with Crippen LogP contribution in [0.5, 0.6) is 10.9 Å². The van der Waals surface area contributed by atoms with E-state index in [0.717, 1.165) is 49.8 Å². The molecule has 0 spiro atoms. The van der Waals surface area contributed by atoms with Gasteiger partial charge in [0.25, 0.3) is 11.1 Å². The fraction of sp³-hybridized carbons (Fsp3) is 0.286. The number of benzene rings is 1. The van der Waals surface area contributed by atoms with Gasteiger partial charge in [-0.25, -0.2) is 4.98 Å². The molecule has 1 aliphatic rings. The fourth-order valence-electron chi connectivity index (χ4n) is 3.36. The third kappa shape index (κ3) is 4.46. The number of carbonyl (C=O) groups excluding carboxylic acids is 1. The Morgan fingerprint density at radius 2 is 1.83 bits per heavy atom. The van der Waals surface area contributed by atoms with Gasteiger partial charge in [0.1, 0.15) is 10.6 Å². The van der Waals surface area contributed by atoms with Gasteiger partial charge in [0.05, 0.1) is 18.0 Å². The molecule has 0 saturated carbocycles. The van der Waals surface area contributed by atoms with Gasteiger partial charge in [-0.1, -0.05) is 29.5 Å². The van der Waals surface area contributed by atoms with Gasteiger partial charge in [0, 0.05) is 24.8 Å². The van der Waals surface area contributed by atoms with Crippen molar-refractivity contribution in [2.45, 2.75) is 25.4 Å². The van der Waals surface area contributed by atoms with E-state index in [2.05, 4.69) is 9.97 Å². The lowest BCUT2D eigenvalue weighted by Gasteiger charge is -2.25. The first-order chi connectivity index (χ1) is 14.4. The van der Waals surface area contributed by atoms with Crippen LogP contribution in [0.15, 0.2) is 48.9 Å². The molecule has 4 rings (SSSR count). The number of alkyl halides is 3. The molecule has 156 valence electrons. The number of hydrogen-bond acceptors (Lipinski definition) is 5. The van der Waals surface area contributed by atoms with E-state index in [1.807, 2.05) is 0 Å². The van der Waals surface area contributed by atoms with Crippen LogP contribution in [0.25, 0.3) is 11.1 Å². The average Bonchev–Trinajstić information content (AvgIpc) is 3.22. The van der Waals surface area contributed by atoms with Crippen molar-refractivity contribution in [3.05, 3.63) is 59.4 Å². The molecular formula is C21H18F3N3O2S. The smallest absolute Gasteiger partial charge is 0.417 e. The molecule has 1 saturated heterocycles. The SMILES string of the molecule is O=C(c1cnc(Oc2cncc(-c3ccccc3C(F)(F)F)c2)s1)N1CCCCC1. The van der Waals surface area contributed by atoms with Gasteiger partial charge in [0.2, 0.25) is 0 Å². The molecule has 2 aromatic heterocycles. The molecule has 3 aromatic rings. The molecule has 9 heteroatoms. The minimum absolute atomic E-state index is 0.0167. The van der Waals surface area contributed by atoms with Gasteiger partial charge >= 0.3 is 6.18 Å². The van der Waals surface area contributed by atoms with E-state index in [-0.39, 0.29) is 28.0 Å². The zero-order valence-electron chi connectivity index (χ0n) is 15.9. The topological polar surface area (TPSA) is 55.3 Å². The van der Waals surface area contributed by atoms with Crippen LogP contribution < -0.4 is 4.74 Å². The molecule has 0 N–H and O–H groups in total. The van der Waals surface area contributed by atoms with Gasteiger partial charge in [-0.3, -0.25) is 9.78 Å². The van der Waals surface area contributed by atoms with Crippen molar-refractivity contribution in [2.75, 3.05) is 13.1 Å². The Morgan fingerprint density at radius 3 is 2.60 bits per heavy atom. The first kappa shape index (κ1) is 20.3. The van der Waals surface area contributed by atoms with E-state index in [4.69, 9.17) is 4.74 Å². The van der Waals surface area contributed by atoms with Gasteiger partial charge in [-0.15, -0.1) is 0 Å². The summed E-state index contributed by atoms with van der Waals surface area (Å²) in [6.07, 6.45) is 2.84. The number of thiazole rings is 1. The number of halogens is 3. The van der Waals surface area contributed by atoms with E-state index < -0.39 is 11.7 Å². The zero-order valence-corrected chi connectivity index (χ0v) is 16.7. The van der Waals surface area contributed by atoms with Crippen molar-refractivity contribution in [1.82, 2.24) is 14.9 Å². The van der Waals surface area contributed by atoms with Crippen molar-refractivity contribution in [3.63, 3.8) is 0 Å². The number of ether oxygens (including phenoxy) is 1. The van der Waals surface area contributed by atoms with Gasteiger partial charge in [-0.05, 0) is 37.0 Å². The molecule has 0 radical (unpaired) electrons. The molecule has 0 unspecified atom stereocenters. The summed E-state index contributed by atoms with van der Waals surface area (Å²) in [6, 6.07) is 6.78. The quantitative estimate of drug-likeness (QED) is 0.534. The number of hydrogen-bond donors (Lipinski definition) is 0. The maximum atomic E-state index is 13.3. The monoisotopic (exact) mass is 433 g/mol. The average molecular weight is 433 g/mol. The maximum absolute atomic E-state index is 13.3. The molecular weight excluding hydrogens is 415 g/mol. The molecule has 1 fully saturated rings. The molecule has 5 nitrogen and oxygen atoms in total. The predicted molar refractivity (Wildman–Crippen MR) is 107 cm³/mol. The predicted octanol–water partition coefficient (Wildman–Crippen LogP) is 5.64. The van der Waals surface area contributed by atoms with E-state index >= 15 is 0 Å². The minimum atomic E-state index is -4.48. The Labute approximate surface area is 175 Å². The van der Waals surface area contributed by atoms with Crippen LogP contribution in [0, 0.1) is 0 Å². The highest BCUT2D eigenvalue weighted by molar-refractivity contribution is 7.15. The molecule has 0 atom stereocenters. The van der Waals surface area contributed by atoms with Gasteiger partial charge in [0.15, 0.2) is 0 Å². The van der Waals surface area contributed by atoms with E-state index in [9.17, 15) is 18.0 Å². The molecule has 1 aliphatic heterocycles. The molecule has 1 aromatic carbocycles. The van der Waals surface area contributed by atoms with Gasteiger partial charge in [-0.2, -0.15) is 13.2 Å². The van der Waals surface area contributed by atoms with E-state index in [0.29, 0.717) is 4.88 Å². The summed E-state index contributed by atoms with van der Waals surface area (Å²) >= 11 is 1.11. The second kappa shape index (κ2) is 8.43.